The van der Waals surface area contributed by atoms with Crippen molar-refractivity contribution in [1.82, 2.24) is 0 Å². The van der Waals surface area contributed by atoms with Crippen LogP contribution in [0, 0.1) is 29.6 Å². The van der Waals surface area contributed by atoms with Crippen LogP contribution in [0.5, 0.6) is 0 Å². The van der Waals surface area contributed by atoms with Crippen molar-refractivity contribution in [2.45, 2.75) is 57.8 Å². The lowest BCUT2D eigenvalue weighted by atomic mass is 9.77. The Morgan fingerprint density at radius 1 is 0.818 bits per heavy atom. The molecule has 0 heteroatoms. The Morgan fingerprint density at radius 3 is 2.20 bits per heavy atom. The number of unbranched alkanes of at least 4 members (excludes halogenated alkanes) is 1. The first-order valence-electron chi connectivity index (χ1n) is 16.3. The van der Waals surface area contributed by atoms with Crippen LogP contribution in [0.3, 0.4) is 0 Å². The quantitative estimate of drug-likeness (QED) is 0.0674. The Labute approximate surface area is 270 Å². The molecule has 0 aromatic rings. The molecule has 0 N–H and O–H groups in total. The van der Waals surface area contributed by atoms with Crippen LogP contribution in [0.15, 0.2) is 184 Å². The largest absolute Gasteiger partial charge is 0.103 e. The molecule has 0 radical (unpaired) electrons. The van der Waals surface area contributed by atoms with E-state index in [1.807, 2.05) is 30.4 Å². The van der Waals surface area contributed by atoms with Crippen LogP contribution in [0.2, 0.25) is 0 Å². The number of hydrogen-bond donors (Lipinski definition) is 0. The summed E-state index contributed by atoms with van der Waals surface area (Å²) in [7, 11) is 0. The lowest BCUT2D eigenvalue weighted by molar-refractivity contribution is 0.501. The van der Waals surface area contributed by atoms with E-state index in [-0.39, 0.29) is 17.8 Å². The molecule has 0 fully saturated rings. The molecule has 0 saturated carbocycles. The first kappa shape index (κ1) is 36.3. The molecule has 0 bridgehead atoms. The molecule has 0 amide bonds. The maximum atomic E-state index is 4.62. The Balaban J connectivity index is 2.18. The van der Waals surface area contributed by atoms with E-state index in [9.17, 15) is 0 Å². The average molecular weight is 585 g/mol. The van der Waals surface area contributed by atoms with E-state index in [1.54, 1.807) is 0 Å². The first-order valence-corrected chi connectivity index (χ1v) is 16.3. The predicted molar refractivity (Wildman–Crippen MR) is 199 cm³/mol. The lowest BCUT2D eigenvalue weighted by Gasteiger charge is -2.28. The van der Waals surface area contributed by atoms with E-state index < -0.39 is 0 Å². The van der Waals surface area contributed by atoms with Gasteiger partial charge in [0.15, 0.2) is 0 Å². The van der Waals surface area contributed by atoms with Crippen molar-refractivity contribution in [1.29, 1.82) is 0 Å². The maximum Gasteiger partial charge on any atom is 0.00465 e. The fourth-order valence-electron chi connectivity index (χ4n) is 6.03. The summed E-state index contributed by atoms with van der Waals surface area (Å²) in [6, 6.07) is 0. The smallest absolute Gasteiger partial charge is 0.00465 e. The standard InChI is InChI=1S/C44H56/c1-9-15-16-20-27-44(42-33-31-41(32-34-42)37(12-4)22-10-2)36(8)30-29-35(7)43(39(14-6)23-11-3)28-21-26-38(13-5)40-24-18-17-19-25-40/h9-14,18,20-22,24-25,27-28,31-33,38-39,42-44H,1-8,15-17,19,23,26,29-30,34H2/b27-20+,28-21+,37-22+. The minimum atomic E-state index is 0.204. The zero-order chi connectivity index (χ0) is 32.2. The summed E-state index contributed by atoms with van der Waals surface area (Å²) in [5.41, 5.74) is 6.15. The summed E-state index contributed by atoms with van der Waals surface area (Å²) in [4.78, 5) is 0. The third-order valence-corrected chi connectivity index (χ3v) is 8.71. The van der Waals surface area contributed by atoms with Crippen LogP contribution in [0.4, 0.5) is 0 Å². The number of allylic oxidation sites excluding steroid dienone is 22. The highest BCUT2D eigenvalue weighted by Crippen LogP contribution is 2.36. The van der Waals surface area contributed by atoms with Gasteiger partial charge in [-0.05, 0) is 86.3 Å². The molecule has 232 valence electrons. The Kier molecular flexibility index (Phi) is 17.2. The predicted octanol–water partition coefficient (Wildman–Crippen LogP) is 12.8. The van der Waals surface area contributed by atoms with Gasteiger partial charge in [-0.25, -0.2) is 0 Å². The van der Waals surface area contributed by atoms with E-state index in [2.05, 4.69) is 126 Å². The van der Waals surface area contributed by atoms with Crippen molar-refractivity contribution in [2.75, 3.05) is 0 Å². The van der Waals surface area contributed by atoms with Gasteiger partial charge in [0.2, 0.25) is 0 Å². The summed E-state index contributed by atoms with van der Waals surface area (Å²) < 4.78 is 0. The topological polar surface area (TPSA) is 0 Å². The second kappa shape index (κ2) is 20.9. The number of rotatable bonds is 22. The molecule has 5 unspecified atom stereocenters. The van der Waals surface area contributed by atoms with Crippen LogP contribution in [-0.4, -0.2) is 0 Å². The first-order chi connectivity index (χ1) is 21.4. The molecule has 44 heavy (non-hydrogen) atoms. The Hall–Kier alpha value is -3.90. The zero-order valence-electron chi connectivity index (χ0n) is 27.2. The fraction of sp³-hybridized carbons (Fsp3) is 0.318. The third kappa shape index (κ3) is 11.6. The molecule has 5 atom stereocenters. The van der Waals surface area contributed by atoms with Crippen LogP contribution in [-0.2, 0) is 0 Å². The fourth-order valence-corrected chi connectivity index (χ4v) is 6.03. The van der Waals surface area contributed by atoms with Crippen molar-refractivity contribution in [3.05, 3.63) is 184 Å². The summed E-state index contributed by atoms with van der Waals surface area (Å²) in [5, 5.41) is 0. The molecule has 0 nitrogen and oxygen atoms in total. The van der Waals surface area contributed by atoms with Gasteiger partial charge in [-0.15, -0.1) is 26.3 Å². The minimum absolute atomic E-state index is 0.204. The van der Waals surface area contributed by atoms with Gasteiger partial charge in [-0.1, -0.05) is 141 Å². The van der Waals surface area contributed by atoms with Gasteiger partial charge in [0, 0.05) is 17.8 Å². The van der Waals surface area contributed by atoms with Gasteiger partial charge in [0.05, 0.1) is 0 Å². The SMILES string of the molecule is C=C/C=C(\C=C)C1=CCC(C(/C=C/CCC=C)C(=C)CCC(=C)C(/C=C/CC(C=C)C2=CCCC=C2)C(C=C)CC=C)C=C1. The van der Waals surface area contributed by atoms with E-state index >= 15 is 0 Å². The molecular weight excluding hydrogens is 528 g/mol. The molecule has 2 aliphatic carbocycles. The average Bonchev–Trinajstić information content (AvgIpc) is 3.06. The second-order valence-corrected chi connectivity index (χ2v) is 11.8. The van der Waals surface area contributed by atoms with Crippen LogP contribution in [0.1, 0.15) is 57.8 Å². The van der Waals surface area contributed by atoms with Crippen molar-refractivity contribution in [3.8, 4) is 0 Å². The van der Waals surface area contributed by atoms with Crippen LogP contribution >= 0.6 is 0 Å². The van der Waals surface area contributed by atoms with E-state index in [4.69, 9.17) is 0 Å². The van der Waals surface area contributed by atoms with Gasteiger partial charge in [-0.3, -0.25) is 0 Å². The van der Waals surface area contributed by atoms with Crippen molar-refractivity contribution >= 4 is 0 Å². The lowest BCUT2D eigenvalue weighted by Crippen LogP contribution is -2.16. The molecule has 0 heterocycles. The van der Waals surface area contributed by atoms with E-state index in [1.165, 1.54) is 22.3 Å². The van der Waals surface area contributed by atoms with Gasteiger partial charge in [-0.2, -0.15) is 0 Å². The van der Waals surface area contributed by atoms with E-state index in [0.717, 1.165) is 63.4 Å². The van der Waals surface area contributed by atoms with E-state index in [0.29, 0.717) is 11.8 Å². The van der Waals surface area contributed by atoms with Crippen molar-refractivity contribution in [3.63, 3.8) is 0 Å². The molecule has 2 aliphatic rings. The molecule has 0 saturated heterocycles. The molecule has 0 aromatic heterocycles. The number of hydrogen-bond acceptors (Lipinski definition) is 0. The summed E-state index contributed by atoms with van der Waals surface area (Å²) in [5.74, 6) is 1.43. The normalized spacial score (nSPS) is 19.4. The minimum Gasteiger partial charge on any atom is -0.103 e. The van der Waals surface area contributed by atoms with Gasteiger partial charge >= 0.3 is 0 Å². The van der Waals surface area contributed by atoms with Crippen LogP contribution in [0.25, 0.3) is 0 Å². The zero-order valence-corrected chi connectivity index (χ0v) is 27.2. The Bertz CT molecular complexity index is 1240. The van der Waals surface area contributed by atoms with Crippen molar-refractivity contribution < 1.29 is 0 Å². The molecule has 2 rings (SSSR count). The van der Waals surface area contributed by atoms with Gasteiger partial charge in [0.1, 0.15) is 0 Å². The molecule has 0 aromatic carbocycles. The molecule has 0 spiro atoms. The Morgan fingerprint density at radius 2 is 1.61 bits per heavy atom. The van der Waals surface area contributed by atoms with Gasteiger partial charge < -0.3 is 0 Å². The molecular formula is C44H56. The van der Waals surface area contributed by atoms with Crippen LogP contribution < -0.4 is 0 Å². The highest BCUT2D eigenvalue weighted by atomic mass is 14.3. The summed E-state index contributed by atoms with van der Waals surface area (Å²) in [6.07, 6.45) is 45.7. The van der Waals surface area contributed by atoms with Gasteiger partial charge in [0.25, 0.3) is 0 Å². The molecule has 0 aliphatic heterocycles. The second-order valence-electron chi connectivity index (χ2n) is 11.8. The maximum absolute atomic E-state index is 4.62. The third-order valence-electron chi connectivity index (χ3n) is 8.71. The van der Waals surface area contributed by atoms with Crippen molar-refractivity contribution in [2.24, 2.45) is 29.6 Å². The highest BCUT2D eigenvalue weighted by Gasteiger charge is 2.23. The summed E-state index contributed by atoms with van der Waals surface area (Å²) in [6.45, 7) is 33.2. The summed E-state index contributed by atoms with van der Waals surface area (Å²) >= 11 is 0. The monoisotopic (exact) mass is 584 g/mol. The highest BCUT2D eigenvalue weighted by molar-refractivity contribution is 5.49.